The van der Waals surface area contributed by atoms with Crippen LogP contribution in [0.4, 0.5) is 18.9 Å². The number of hydrogen-bond donors (Lipinski definition) is 0. The van der Waals surface area contributed by atoms with Gasteiger partial charge in [-0.25, -0.2) is 0 Å². The lowest BCUT2D eigenvalue weighted by molar-refractivity contribution is -0.139. The third kappa shape index (κ3) is 2.68. The van der Waals surface area contributed by atoms with Gasteiger partial charge in [-0.1, -0.05) is 15.9 Å². The van der Waals surface area contributed by atoms with Gasteiger partial charge in [0, 0.05) is 16.9 Å². The standard InChI is InChI=1S/C12H10BrF3N2O2S/c13-8-1-2-9-10(5-8)21(19,20)17-11-7(3-4-18(9)11)6-12(14,15)16/h1-2,5,7H,3-4,6H2. The fourth-order valence-electron chi connectivity index (χ4n) is 2.68. The number of hydrogen-bond acceptors (Lipinski definition) is 3. The number of anilines is 1. The Kier molecular flexibility index (Phi) is 3.32. The molecule has 0 saturated carbocycles. The molecule has 2 heterocycles. The quantitative estimate of drug-likeness (QED) is 0.748. The summed E-state index contributed by atoms with van der Waals surface area (Å²) in [5.41, 5.74) is 0.396. The van der Waals surface area contributed by atoms with Gasteiger partial charge in [0.1, 0.15) is 10.7 Å². The van der Waals surface area contributed by atoms with Crippen molar-refractivity contribution in [2.75, 3.05) is 11.4 Å². The summed E-state index contributed by atoms with van der Waals surface area (Å²) in [6, 6.07) is 4.66. The molecule has 0 aliphatic carbocycles. The second kappa shape index (κ2) is 4.70. The first kappa shape index (κ1) is 14.8. The molecule has 1 atom stereocenters. The molecule has 1 aromatic carbocycles. The summed E-state index contributed by atoms with van der Waals surface area (Å²) < 4.78 is 66.3. The lowest BCUT2D eigenvalue weighted by atomic mass is 10.0. The molecule has 1 saturated heterocycles. The summed E-state index contributed by atoms with van der Waals surface area (Å²) >= 11 is 3.19. The molecule has 3 rings (SSSR count). The molecule has 9 heteroatoms. The second-order valence-corrected chi connectivity index (χ2v) is 7.48. The van der Waals surface area contributed by atoms with E-state index in [1.807, 2.05) is 0 Å². The molecule has 1 fully saturated rings. The number of alkyl halides is 3. The lowest BCUT2D eigenvalue weighted by Gasteiger charge is -2.27. The average Bonchev–Trinajstić information content (AvgIpc) is 2.70. The Morgan fingerprint density at radius 1 is 1.38 bits per heavy atom. The molecule has 4 nitrogen and oxygen atoms in total. The van der Waals surface area contributed by atoms with Crippen molar-refractivity contribution in [2.45, 2.75) is 23.9 Å². The Bertz CT molecular complexity index is 731. The van der Waals surface area contributed by atoms with Crippen LogP contribution in [0.15, 0.2) is 32.0 Å². The number of benzene rings is 1. The molecule has 0 aromatic heterocycles. The topological polar surface area (TPSA) is 49.7 Å². The van der Waals surface area contributed by atoms with Gasteiger partial charge in [-0.05, 0) is 24.6 Å². The van der Waals surface area contributed by atoms with E-state index in [9.17, 15) is 21.6 Å². The molecule has 2 aliphatic heterocycles. The molecular weight excluding hydrogens is 373 g/mol. The van der Waals surface area contributed by atoms with Gasteiger partial charge >= 0.3 is 6.18 Å². The molecule has 114 valence electrons. The Labute approximate surface area is 127 Å². The molecule has 2 aliphatic rings. The van der Waals surface area contributed by atoms with E-state index in [1.54, 1.807) is 17.0 Å². The number of amidine groups is 1. The zero-order valence-corrected chi connectivity index (χ0v) is 13.0. The number of nitrogens with zero attached hydrogens (tertiary/aromatic N) is 2. The monoisotopic (exact) mass is 382 g/mol. The zero-order chi connectivity index (χ0) is 15.4. The molecule has 0 spiro atoms. The molecule has 0 bridgehead atoms. The number of halogens is 4. The van der Waals surface area contributed by atoms with Gasteiger partial charge in [0.05, 0.1) is 12.1 Å². The van der Waals surface area contributed by atoms with Crippen molar-refractivity contribution >= 4 is 37.5 Å². The summed E-state index contributed by atoms with van der Waals surface area (Å²) in [6.45, 7) is 0.337. The van der Waals surface area contributed by atoms with Crippen LogP contribution in [0.5, 0.6) is 0 Å². The highest BCUT2D eigenvalue weighted by Gasteiger charge is 2.43. The molecule has 0 amide bonds. The van der Waals surface area contributed by atoms with Crippen molar-refractivity contribution in [2.24, 2.45) is 10.3 Å². The van der Waals surface area contributed by atoms with Crippen LogP contribution < -0.4 is 4.90 Å². The first-order valence-electron chi connectivity index (χ1n) is 6.16. The summed E-state index contributed by atoms with van der Waals surface area (Å²) in [6.07, 6.45) is -5.15. The van der Waals surface area contributed by atoms with Gasteiger partial charge in [0.25, 0.3) is 10.0 Å². The van der Waals surface area contributed by atoms with E-state index in [4.69, 9.17) is 0 Å². The van der Waals surface area contributed by atoms with E-state index >= 15 is 0 Å². The fourth-order valence-corrected chi connectivity index (χ4v) is 4.50. The van der Waals surface area contributed by atoms with E-state index in [0.29, 0.717) is 16.7 Å². The summed E-state index contributed by atoms with van der Waals surface area (Å²) in [5.74, 6) is -0.904. The largest absolute Gasteiger partial charge is 0.389 e. The minimum absolute atomic E-state index is 0.00199. The molecule has 1 unspecified atom stereocenters. The van der Waals surface area contributed by atoms with Crippen LogP contribution in [-0.2, 0) is 10.0 Å². The Hall–Kier alpha value is -1.09. The molecular formula is C12H10BrF3N2O2S. The minimum atomic E-state index is -4.34. The maximum atomic E-state index is 12.6. The highest BCUT2D eigenvalue weighted by molar-refractivity contribution is 9.10. The number of fused-ring (bicyclic) bond motifs is 3. The Morgan fingerprint density at radius 2 is 2.10 bits per heavy atom. The lowest BCUT2D eigenvalue weighted by Crippen LogP contribution is -2.34. The molecule has 0 radical (unpaired) electrons. The van der Waals surface area contributed by atoms with Crippen molar-refractivity contribution in [3.05, 3.63) is 22.7 Å². The van der Waals surface area contributed by atoms with E-state index in [2.05, 4.69) is 20.3 Å². The van der Waals surface area contributed by atoms with Crippen molar-refractivity contribution in [3.8, 4) is 0 Å². The van der Waals surface area contributed by atoms with Crippen molar-refractivity contribution < 1.29 is 21.6 Å². The molecule has 21 heavy (non-hydrogen) atoms. The Balaban J connectivity index is 2.07. The van der Waals surface area contributed by atoms with Gasteiger partial charge in [0.15, 0.2) is 0 Å². The highest BCUT2D eigenvalue weighted by Crippen LogP contribution is 2.41. The highest BCUT2D eigenvalue weighted by atomic mass is 79.9. The first-order chi connectivity index (χ1) is 9.67. The third-order valence-electron chi connectivity index (χ3n) is 3.52. The molecule has 1 aromatic rings. The first-order valence-corrected chi connectivity index (χ1v) is 8.39. The predicted molar refractivity (Wildman–Crippen MR) is 74.9 cm³/mol. The SMILES string of the molecule is O=S1(=O)N=C2C(CC(F)(F)F)CCN2c2ccc(Br)cc21. The van der Waals surface area contributed by atoms with E-state index in [1.165, 1.54) is 6.07 Å². The maximum Gasteiger partial charge on any atom is 0.389 e. The maximum absolute atomic E-state index is 12.6. The predicted octanol–water partition coefficient (Wildman–Crippen LogP) is 3.33. The van der Waals surface area contributed by atoms with Crippen LogP contribution in [0.1, 0.15) is 12.8 Å². The van der Waals surface area contributed by atoms with Crippen LogP contribution >= 0.6 is 15.9 Å². The number of sulfonamides is 1. The molecule has 0 N–H and O–H groups in total. The zero-order valence-electron chi connectivity index (χ0n) is 10.6. The van der Waals surface area contributed by atoms with Gasteiger partial charge in [0.2, 0.25) is 0 Å². The van der Waals surface area contributed by atoms with Crippen LogP contribution in [0.25, 0.3) is 0 Å². The van der Waals surface area contributed by atoms with E-state index in [-0.39, 0.29) is 17.2 Å². The van der Waals surface area contributed by atoms with Crippen LogP contribution in [0.2, 0.25) is 0 Å². The fraction of sp³-hybridized carbons (Fsp3) is 0.417. The van der Waals surface area contributed by atoms with Crippen LogP contribution in [0, 0.1) is 5.92 Å². The normalized spacial score (nSPS) is 23.5. The van der Waals surface area contributed by atoms with Gasteiger partial charge in [-0.3, -0.25) is 0 Å². The van der Waals surface area contributed by atoms with E-state index in [0.717, 1.165) is 0 Å². The number of rotatable bonds is 1. The Morgan fingerprint density at radius 3 is 2.76 bits per heavy atom. The average molecular weight is 383 g/mol. The second-order valence-electron chi connectivity index (χ2n) is 4.99. The summed E-state index contributed by atoms with van der Waals surface area (Å²) in [5, 5.41) is 0. The van der Waals surface area contributed by atoms with Gasteiger partial charge < -0.3 is 4.90 Å². The summed E-state index contributed by atoms with van der Waals surface area (Å²) in [7, 11) is -3.96. The summed E-state index contributed by atoms with van der Waals surface area (Å²) in [4.78, 5) is 1.59. The van der Waals surface area contributed by atoms with Crippen molar-refractivity contribution in [1.82, 2.24) is 0 Å². The minimum Gasteiger partial charge on any atom is -0.328 e. The van der Waals surface area contributed by atoms with Crippen molar-refractivity contribution in [3.63, 3.8) is 0 Å². The van der Waals surface area contributed by atoms with Crippen molar-refractivity contribution in [1.29, 1.82) is 0 Å². The van der Waals surface area contributed by atoms with Crippen LogP contribution in [-0.4, -0.2) is 27.0 Å². The van der Waals surface area contributed by atoms with Gasteiger partial charge in [-0.15, -0.1) is 4.40 Å². The van der Waals surface area contributed by atoms with Crippen LogP contribution in [0.3, 0.4) is 0 Å². The van der Waals surface area contributed by atoms with E-state index < -0.39 is 28.5 Å². The smallest absolute Gasteiger partial charge is 0.328 e. The third-order valence-corrected chi connectivity index (χ3v) is 5.33. The van der Waals surface area contributed by atoms with Gasteiger partial charge in [-0.2, -0.15) is 21.6 Å².